The zero-order valence-electron chi connectivity index (χ0n) is 9.86. The van der Waals surface area contributed by atoms with Gasteiger partial charge in [-0.3, -0.25) is 0 Å². The van der Waals surface area contributed by atoms with Crippen molar-refractivity contribution < 1.29 is 17.2 Å². The Hall–Kier alpha value is -1.05. The van der Waals surface area contributed by atoms with Gasteiger partial charge in [-0.15, -0.1) is 0 Å². The molecule has 0 aromatic heterocycles. The second-order valence-electron chi connectivity index (χ2n) is 4.10. The number of rotatable bonds is 4. The highest BCUT2D eigenvalue weighted by Gasteiger charge is 2.35. The molecule has 0 saturated carbocycles. The van der Waals surface area contributed by atoms with Crippen LogP contribution in [0.4, 0.5) is 8.78 Å². The van der Waals surface area contributed by atoms with Gasteiger partial charge in [-0.2, -0.15) is 4.31 Å². The first-order chi connectivity index (χ1) is 8.46. The van der Waals surface area contributed by atoms with E-state index in [9.17, 15) is 17.2 Å². The highest BCUT2D eigenvalue weighted by molar-refractivity contribution is 7.89. The zero-order chi connectivity index (χ0) is 13.3. The lowest BCUT2D eigenvalue weighted by Gasteiger charge is -2.36. The first-order valence-corrected chi connectivity index (χ1v) is 7.08. The van der Waals surface area contributed by atoms with E-state index in [2.05, 4.69) is 5.32 Å². The van der Waals surface area contributed by atoms with Crippen LogP contribution in [0.1, 0.15) is 6.92 Å². The maximum absolute atomic E-state index is 13.6. The molecule has 1 aliphatic rings. The van der Waals surface area contributed by atoms with E-state index in [1.807, 2.05) is 0 Å². The molecule has 4 nitrogen and oxygen atoms in total. The standard InChI is InChI=1S/C11H14F2N2O2S/c1-2-15(9-6-14-7-9)18(16,17)11-5-8(12)3-4-10(11)13/h3-5,9,14H,2,6-7H2,1H3. The van der Waals surface area contributed by atoms with E-state index in [0.717, 1.165) is 18.2 Å². The van der Waals surface area contributed by atoms with Gasteiger partial charge in [-0.05, 0) is 18.2 Å². The molecule has 1 aliphatic heterocycles. The Bertz CT molecular complexity index is 544. The predicted octanol–water partition coefficient (Wildman–Crippen LogP) is 0.947. The number of hydrogen-bond acceptors (Lipinski definition) is 3. The summed E-state index contributed by atoms with van der Waals surface area (Å²) >= 11 is 0. The second-order valence-corrected chi connectivity index (χ2v) is 5.95. The highest BCUT2D eigenvalue weighted by Crippen LogP contribution is 2.23. The Kier molecular flexibility index (Phi) is 3.65. The Morgan fingerprint density at radius 2 is 2.06 bits per heavy atom. The fourth-order valence-corrected chi connectivity index (χ4v) is 3.61. The largest absolute Gasteiger partial charge is 0.313 e. The molecule has 0 bridgehead atoms. The molecule has 0 radical (unpaired) electrons. The molecule has 0 spiro atoms. The molecule has 1 N–H and O–H groups in total. The molecular weight excluding hydrogens is 262 g/mol. The normalized spacial score (nSPS) is 16.9. The molecule has 1 saturated heterocycles. The Balaban J connectivity index is 2.42. The van der Waals surface area contributed by atoms with Crippen LogP contribution in [0, 0.1) is 11.6 Å². The summed E-state index contributed by atoms with van der Waals surface area (Å²) in [5, 5.41) is 2.95. The maximum Gasteiger partial charge on any atom is 0.246 e. The second kappa shape index (κ2) is 4.91. The topological polar surface area (TPSA) is 49.4 Å². The van der Waals surface area contributed by atoms with E-state index >= 15 is 0 Å². The van der Waals surface area contributed by atoms with Crippen molar-refractivity contribution in [3.63, 3.8) is 0 Å². The summed E-state index contributed by atoms with van der Waals surface area (Å²) in [6.07, 6.45) is 0. The number of benzene rings is 1. The molecule has 18 heavy (non-hydrogen) atoms. The van der Waals surface area contributed by atoms with Gasteiger partial charge in [0.15, 0.2) is 0 Å². The van der Waals surface area contributed by atoms with Crippen LogP contribution in [-0.2, 0) is 10.0 Å². The van der Waals surface area contributed by atoms with E-state index in [1.165, 1.54) is 4.31 Å². The monoisotopic (exact) mass is 276 g/mol. The van der Waals surface area contributed by atoms with Gasteiger partial charge >= 0.3 is 0 Å². The summed E-state index contributed by atoms with van der Waals surface area (Å²) in [5.41, 5.74) is 0. The van der Waals surface area contributed by atoms with E-state index in [-0.39, 0.29) is 12.6 Å². The average molecular weight is 276 g/mol. The number of nitrogens with zero attached hydrogens (tertiary/aromatic N) is 1. The van der Waals surface area contributed by atoms with Crippen LogP contribution in [0.25, 0.3) is 0 Å². The maximum atomic E-state index is 13.6. The number of sulfonamides is 1. The fraction of sp³-hybridized carbons (Fsp3) is 0.455. The Labute approximate surface area is 105 Å². The summed E-state index contributed by atoms with van der Waals surface area (Å²) in [6.45, 7) is 2.96. The third kappa shape index (κ3) is 2.25. The lowest BCUT2D eigenvalue weighted by atomic mass is 10.2. The summed E-state index contributed by atoms with van der Waals surface area (Å²) in [5.74, 6) is -1.69. The zero-order valence-corrected chi connectivity index (χ0v) is 10.7. The SMILES string of the molecule is CCN(C1CNC1)S(=O)(=O)c1cc(F)ccc1F. The quantitative estimate of drug-likeness (QED) is 0.890. The molecule has 1 aromatic carbocycles. The Morgan fingerprint density at radius 1 is 1.39 bits per heavy atom. The van der Waals surface area contributed by atoms with Gasteiger partial charge in [-0.1, -0.05) is 6.92 Å². The molecule has 0 atom stereocenters. The van der Waals surface area contributed by atoms with Crippen LogP contribution in [-0.4, -0.2) is 38.4 Å². The minimum Gasteiger partial charge on any atom is -0.313 e. The van der Waals surface area contributed by atoms with Crippen molar-refractivity contribution in [2.24, 2.45) is 0 Å². The minimum atomic E-state index is -3.99. The molecular formula is C11H14F2N2O2S. The van der Waals surface area contributed by atoms with E-state index in [0.29, 0.717) is 13.1 Å². The molecule has 0 unspecified atom stereocenters. The number of hydrogen-bond donors (Lipinski definition) is 1. The van der Waals surface area contributed by atoms with Crippen molar-refractivity contribution in [3.8, 4) is 0 Å². The fourth-order valence-electron chi connectivity index (χ4n) is 1.90. The van der Waals surface area contributed by atoms with Gasteiger partial charge in [0.2, 0.25) is 10.0 Å². The smallest absolute Gasteiger partial charge is 0.246 e. The van der Waals surface area contributed by atoms with E-state index < -0.39 is 26.6 Å². The van der Waals surface area contributed by atoms with Crippen molar-refractivity contribution in [1.82, 2.24) is 9.62 Å². The van der Waals surface area contributed by atoms with Crippen molar-refractivity contribution >= 4 is 10.0 Å². The first-order valence-electron chi connectivity index (χ1n) is 5.64. The third-order valence-corrected chi connectivity index (χ3v) is 5.00. The van der Waals surface area contributed by atoms with Gasteiger partial charge in [0.25, 0.3) is 0 Å². The number of halogens is 2. The van der Waals surface area contributed by atoms with Gasteiger partial charge in [0.1, 0.15) is 16.5 Å². The van der Waals surface area contributed by atoms with Crippen LogP contribution in [0.5, 0.6) is 0 Å². The van der Waals surface area contributed by atoms with Crippen molar-refractivity contribution in [2.45, 2.75) is 17.9 Å². The Morgan fingerprint density at radius 3 is 2.56 bits per heavy atom. The summed E-state index contributed by atoms with van der Waals surface area (Å²) in [4.78, 5) is -0.601. The highest BCUT2D eigenvalue weighted by atomic mass is 32.2. The summed E-state index contributed by atoms with van der Waals surface area (Å²) in [6, 6.07) is 2.26. The van der Waals surface area contributed by atoms with E-state index in [1.54, 1.807) is 6.92 Å². The van der Waals surface area contributed by atoms with Gasteiger partial charge in [0, 0.05) is 19.6 Å². The van der Waals surface area contributed by atoms with Crippen LogP contribution < -0.4 is 5.32 Å². The lowest BCUT2D eigenvalue weighted by molar-refractivity contribution is 0.249. The van der Waals surface area contributed by atoms with Crippen molar-refractivity contribution in [3.05, 3.63) is 29.8 Å². The molecule has 0 aliphatic carbocycles. The van der Waals surface area contributed by atoms with Gasteiger partial charge in [-0.25, -0.2) is 17.2 Å². The van der Waals surface area contributed by atoms with Crippen molar-refractivity contribution in [2.75, 3.05) is 19.6 Å². The van der Waals surface area contributed by atoms with Crippen LogP contribution in [0.3, 0.4) is 0 Å². The van der Waals surface area contributed by atoms with Gasteiger partial charge < -0.3 is 5.32 Å². The number of nitrogens with one attached hydrogen (secondary N) is 1. The van der Waals surface area contributed by atoms with Gasteiger partial charge in [0.05, 0.1) is 6.04 Å². The summed E-state index contributed by atoms with van der Waals surface area (Å²) < 4.78 is 52.4. The predicted molar refractivity (Wildman–Crippen MR) is 62.6 cm³/mol. The van der Waals surface area contributed by atoms with Crippen LogP contribution >= 0.6 is 0 Å². The molecule has 0 amide bonds. The van der Waals surface area contributed by atoms with Crippen LogP contribution in [0.2, 0.25) is 0 Å². The molecule has 1 fully saturated rings. The molecule has 7 heteroatoms. The third-order valence-electron chi connectivity index (χ3n) is 2.96. The molecule has 1 aromatic rings. The lowest BCUT2D eigenvalue weighted by Crippen LogP contribution is -2.58. The van der Waals surface area contributed by atoms with E-state index in [4.69, 9.17) is 0 Å². The minimum absolute atomic E-state index is 0.192. The van der Waals surface area contributed by atoms with Crippen molar-refractivity contribution in [1.29, 1.82) is 0 Å². The molecule has 1 heterocycles. The number of likely N-dealkylation sites (N-methyl/N-ethyl adjacent to an activating group) is 1. The molecule has 100 valence electrons. The molecule has 2 rings (SSSR count). The summed E-state index contributed by atoms with van der Waals surface area (Å²) in [7, 11) is -3.99. The average Bonchev–Trinajstić information content (AvgIpc) is 2.26. The first kappa shape index (κ1) is 13.4. The van der Waals surface area contributed by atoms with Crippen LogP contribution in [0.15, 0.2) is 23.1 Å².